The van der Waals surface area contributed by atoms with Gasteiger partial charge >= 0.3 is 18.1 Å². The molecule has 1 aliphatic heterocycles. The maximum atomic E-state index is 12.3. The first-order valence-corrected chi connectivity index (χ1v) is 5.11. The molecular formula is C9H5F3O3S. The second kappa shape index (κ2) is 3.58. The second-order valence-corrected chi connectivity index (χ2v) is 4.36. The van der Waals surface area contributed by atoms with Crippen LogP contribution in [0.2, 0.25) is 0 Å². The van der Waals surface area contributed by atoms with Gasteiger partial charge in [-0.25, -0.2) is 0 Å². The first kappa shape index (κ1) is 11.1. The van der Waals surface area contributed by atoms with Crippen LogP contribution in [0.15, 0.2) is 12.1 Å². The molecule has 1 atom stereocenters. The lowest BCUT2D eigenvalue weighted by Crippen LogP contribution is -2.04. The molecule has 86 valence electrons. The minimum absolute atomic E-state index is 0.184. The highest BCUT2D eigenvalue weighted by molar-refractivity contribution is 7.12. The molecule has 1 saturated heterocycles. The number of rotatable bonds is 1. The van der Waals surface area contributed by atoms with Crippen LogP contribution >= 0.6 is 11.3 Å². The predicted octanol–water partition coefficient (Wildman–Crippen LogP) is 2.32. The summed E-state index contributed by atoms with van der Waals surface area (Å²) in [6, 6.07) is 2.11. The number of carbonyl (C=O) groups excluding carboxylic acids is 2. The number of thiophene rings is 1. The standard InChI is InChI=1S/C9H5F3O3S/c10-9(11,12)6-2-1-5(16-6)4-3-7(13)15-8(4)14/h1-2,4H,3H2. The first-order chi connectivity index (χ1) is 7.38. The number of halogens is 3. The molecule has 1 aromatic rings. The van der Waals surface area contributed by atoms with Gasteiger partial charge in [0.05, 0.1) is 6.42 Å². The van der Waals surface area contributed by atoms with Gasteiger partial charge < -0.3 is 4.74 Å². The summed E-state index contributed by atoms with van der Waals surface area (Å²) < 4.78 is 41.1. The van der Waals surface area contributed by atoms with Crippen molar-refractivity contribution in [3.63, 3.8) is 0 Å². The largest absolute Gasteiger partial charge is 0.425 e. The summed E-state index contributed by atoms with van der Waals surface area (Å²) in [5.41, 5.74) is 0. The number of hydrogen-bond acceptors (Lipinski definition) is 4. The van der Waals surface area contributed by atoms with Crippen LogP contribution in [0.1, 0.15) is 22.1 Å². The molecule has 1 aliphatic rings. The fourth-order valence-electron chi connectivity index (χ4n) is 1.38. The van der Waals surface area contributed by atoms with Gasteiger partial charge in [0.25, 0.3) is 0 Å². The van der Waals surface area contributed by atoms with Gasteiger partial charge in [-0.1, -0.05) is 0 Å². The van der Waals surface area contributed by atoms with Gasteiger partial charge in [0.2, 0.25) is 0 Å². The lowest BCUT2D eigenvalue weighted by molar-refractivity contribution is -0.152. The molecule has 3 nitrogen and oxygen atoms in total. The van der Waals surface area contributed by atoms with E-state index in [9.17, 15) is 22.8 Å². The topological polar surface area (TPSA) is 43.4 Å². The molecule has 16 heavy (non-hydrogen) atoms. The van der Waals surface area contributed by atoms with E-state index in [4.69, 9.17) is 0 Å². The van der Waals surface area contributed by atoms with Gasteiger partial charge in [-0.3, -0.25) is 9.59 Å². The summed E-state index contributed by atoms with van der Waals surface area (Å²) in [4.78, 5) is 21.3. The zero-order chi connectivity index (χ0) is 11.9. The maximum Gasteiger partial charge on any atom is 0.425 e. The number of ether oxygens (including phenoxy) is 1. The highest BCUT2D eigenvalue weighted by Crippen LogP contribution is 2.39. The number of hydrogen-bond donors (Lipinski definition) is 0. The van der Waals surface area contributed by atoms with Crippen molar-refractivity contribution >= 4 is 23.3 Å². The van der Waals surface area contributed by atoms with Crippen LogP contribution in [-0.2, 0) is 20.5 Å². The summed E-state index contributed by atoms with van der Waals surface area (Å²) in [5, 5.41) is 0. The minimum atomic E-state index is -4.42. The smallest absolute Gasteiger partial charge is 0.393 e. The Labute approximate surface area is 91.8 Å². The molecule has 2 rings (SSSR count). The lowest BCUT2D eigenvalue weighted by atomic mass is 10.1. The normalized spacial score (nSPS) is 21.3. The summed E-state index contributed by atoms with van der Waals surface area (Å²) in [6.45, 7) is 0. The molecule has 0 aliphatic carbocycles. The van der Waals surface area contributed by atoms with Crippen LogP contribution in [0.25, 0.3) is 0 Å². The minimum Gasteiger partial charge on any atom is -0.393 e. The highest BCUT2D eigenvalue weighted by atomic mass is 32.1. The second-order valence-electron chi connectivity index (χ2n) is 3.25. The summed E-state index contributed by atoms with van der Waals surface area (Å²) in [7, 11) is 0. The molecule has 7 heteroatoms. The summed E-state index contributed by atoms with van der Waals surface area (Å²) >= 11 is 0.465. The van der Waals surface area contributed by atoms with Crippen molar-refractivity contribution in [2.45, 2.75) is 18.5 Å². The van der Waals surface area contributed by atoms with Crippen LogP contribution in [0.4, 0.5) is 13.2 Å². The Balaban J connectivity index is 2.26. The molecule has 0 amide bonds. The lowest BCUT2D eigenvalue weighted by Gasteiger charge is -2.02. The molecule has 0 N–H and O–H groups in total. The van der Waals surface area contributed by atoms with E-state index in [0.29, 0.717) is 11.3 Å². The average molecular weight is 250 g/mol. The van der Waals surface area contributed by atoms with E-state index in [0.717, 1.165) is 6.07 Å². The molecule has 0 bridgehead atoms. The van der Waals surface area contributed by atoms with Gasteiger partial charge in [-0.2, -0.15) is 13.2 Å². The van der Waals surface area contributed by atoms with Crippen molar-refractivity contribution in [3.05, 3.63) is 21.9 Å². The maximum absolute atomic E-state index is 12.3. The monoisotopic (exact) mass is 250 g/mol. The number of esters is 2. The van der Waals surface area contributed by atoms with E-state index in [2.05, 4.69) is 4.74 Å². The Morgan fingerprint density at radius 1 is 1.31 bits per heavy atom. The van der Waals surface area contributed by atoms with E-state index < -0.39 is 28.9 Å². The third kappa shape index (κ3) is 1.95. The Morgan fingerprint density at radius 3 is 2.44 bits per heavy atom. The number of alkyl halides is 3. The fraction of sp³-hybridized carbons (Fsp3) is 0.333. The Bertz CT molecular complexity index is 449. The zero-order valence-electron chi connectivity index (χ0n) is 7.71. The molecule has 0 spiro atoms. The van der Waals surface area contributed by atoms with E-state index in [1.807, 2.05) is 0 Å². The Kier molecular flexibility index (Phi) is 2.49. The highest BCUT2D eigenvalue weighted by Gasteiger charge is 2.38. The molecule has 0 aromatic carbocycles. The van der Waals surface area contributed by atoms with Crippen molar-refractivity contribution in [1.82, 2.24) is 0 Å². The van der Waals surface area contributed by atoms with Crippen molar-refractivity contribution in [2.24, 2.45) is 0 Å². The predicted molar refractivity (Wildman–Crippen MR) is 47.8 cm³/mol. The quantitative estimate of drug-likeness (QED) is 0.567. The Morgan fingerprint density at radius 2 is 2.00 bits per heavy atom. The van der Waals surface area contributed by atoms with Crippen LogP contribution < -0.4 is 0 Å². The number of cyclic esters (lactones) is 2. The van der Waals surface area contributed by atoms with Gasteiger partial charge in [0.15, 0.2) is 0 Å². The van der Waals surface area contributed by atoms with Crippen molar-refractivity contribution in [3.8, 4) is 0 Å². The third-order valence-corrected chi connectivity index (χ3v) is 3.36. The van der Waals surface area contributed by atoms with E-state index in [1.54, 1.807) is 0 Å². The van der Waals surface area contributed by atoms with Crippen LogP contribution in [0.5, 0.6) is 0 Å². The Hall–Kier alpha value is -1.37. The molecule has 0 radical (unpaired) electrons. The molecule has 2 heterocycles. The molecule has 0 saturated carbocycles. The van der Waals surface area contributed by atoms with Crippen LogP contribution in [0.3, 0.4) is 0 Å². The number of carbonyl (C=O) groups is 2. The SMILES string of the molecule is O=C1CC(c2ccc(C(F)(F)F)s2)C(=O)O1. The van der Waals surface area contributed by atoms with E-state index in [-0.39, 0.29) is 11.3 Å². The zero-order valence-corrected chi connectivity index (χ0v) is 8.52. The van der Waals surface area contributed by atoms with Crippen molar-refractivity contribution in [2.75, 3.05) is 0 Å². The van der Waals surface area contributed by atoms with E-state index in [1.165, 1.54) is 6.07 Å². The molecule has 1 fully saturated rings. The summed E-state index contributed by atoms with van der Waals surface area (Å²) in [6.07, 6.45) is -4.61. The van der Waals surface area contributed by atoms with Crippen LogP contribution in [-0.4, -0.2) is 11.9 Å². The first-order valence-electron chi connectivity index (χ1n) is 4.29. The third-order valence-electron chi connectivity index (χ3n) is 2.12. The fourth-order valence-corrected chi connectivity index (χ4v) is 2.35. The average Bonchev–Trinajstić information content (AvgIpc) is 2.70. The van der Waals surface area contributed by atoms with Gasteiger partial charge in [-0.15, -0.1) is 11.3 Å². The van der Waals surface area contributed by atoms with Crippen LogP contribution in [0, 0.1) is 0 Å². The van der Waals surface area contributed by atoms with Gasteiger partial charge in [0.1, 0.15) is 10.8 Å². The molecular weight excluding hydrogens is 245 g/mol. The van der Waals surface area contributed by atoms with Crippen molar-refractivity contribution in [1.29, 1.82) is 0 Å². The molecule has 1 aromatic heterocycles. The van der Waals surface area contributed by atoms with Crippen molar-refractivity contribution < 1.29 is 27.5 Å². The molecule has 1 unspecified atom stereocenters. The van der Waals surface area contributed by atoms with Gasteiger partial charge in [0, 0.05) is 4.88 Å². The van der Waals surface area contributed by atoms with E-state index >= 15 is 0 Å². The van der Waals surface area contributed by atoms with Gasteiger partial charge in [-0.05, 0) is 12.1 Å². The summed E-state index contributed by atoms with van der Waals surface area (Å²) in [5.74, 6) is -2.36.